The van der Waals surface area contributed by atoms with Crippen LogP contribution < -0.4 is 10.6 Å². The minimum atomic E-state index is 0.178. The summed E-state index contributed by atoms with van der Waals surface area (Å²) in [6, 6.07) is 1.17. The molecule has 0 aromatic heterocycles. The van der Waals surface area contributed by atoms with Crippen LogP contribution in [0, 0.1) is 0 Å². The summed E-state index contributed by atoms with van der Waals surface area (Å²) in [5.41, 5.74) is 0. The largest absolute Gasteiger partial charge is 0.378 e. The highest BCUT2D eigenvalue weighted by Crippen LogP contribution is 2.27. The van der Waals surface area contributed by atoms with Crippen molar-refractivity contribution in [3.8, 4) is 0 Å². The number of carbonyl (C=O) groups excluding carboxylic acids is 1. The molecule has 3 aliphatic rings. The number of ether oxygens (including phenoxy) is 1. The van der Waals surface area contributed by atoms with Crippen molar-refractivity contribution in [2.75, 3.05) is 32.8 Å². The molecule has 0 saturated carbocycles. The average Bonchev–Trinajstić information content (AvgIpc) is 2.95. The standard InChI is InChI=1S/C13H23N3O2/c17-13(8-10-9-18-7-4-14-10)15-11-3-6-16-5-1-2-12(11)16/h10-12,14H,1-9H2,(H,15,17). The van der Waals surface area contributed by atoms with Crippen LogP contribution in [0.2, 0.25) is 0 Å². The number of nitrogens with zero attached hydrogens (tertiary/aromatic N) is 1. The minimum absolute atomic E-state index is 0.178. The van der Waals surface area contributed by atoms with Gasteiger partial charge in [-0.2, -0.15) is 0 Å². The predicted octanol–water partition coefficient (Wildman–Crippen LogP) is -0.282. The molecule has 3 saturated heterocycles. The van der Waals surface area contributed by atoms with Crippen LogP contribution in [0.3, 0.4) is 0 Å². The van der Waals surface area contributed by atoms with Crippen molar-refractivity contribution < 1.29 is 9.53 Å². The second-order valence-corrected chi connectivity index (χ2v) is 5.64. The molecule has 0 aliphatic carbocycles. The van der Waals surface area contributed by atoms with E-state index in [1.54, 1.807) is 0 Å². The molecule has 0 bridgehead atoms. The zero-order valence-electron chi connectivity index (χ0n) is 10.9. The first kappa shape index (κ1) is 12.4. The van der Waals surface area contributed by atoms with E-state index in [0.717, 1.165) is 26.1 Å². The monoisotopic (exact) mass is 253 g/mol. The van der Waals surface area contributed by atoms with Crippen molar-refractivity contribution in [2.45, 2.75) is 43.8 Å². The molecule has 3 aliphatic heterocycles. The Kier molecular flexibility index (Phi) is 3.82. The summed E-state index contributed by atoms with van der Waals surface area (Å²) in [5.74, 6) is 0.178. The Hall–Kier alpha value is -0.650. The number of hydrogen-bond acceptors (Lipinski definition) is 4. The van der Waals surface area contributed by atoms with Gasteiger partial charge in [0.1, 0.15) is 0 Å². The van der Waals surface area contributed by atoms with Gasteiger partial charge in [0.25, 0.3) is 0 Å². The van der Waals surface area contributed by atoms with Gasteiger partial charge in [-0.05, 0) is 25.8 Å². The van der Waals surface area contributed by atoms with Gasteiger partial charge in [0.15, 0.2) is 0 Å². The Balaban J connectivity index is 1.45. The second kappa shape index (κ2) is 5.55. The molecule has 102 valence electrons. The average molecular weight is 253 g/mol. The highest BCUT2D eigenvalue weighted by molar-refractivity contribution is 5.77. The van der Waals surface area contributed by atoms with Crippen LogP contribution in [-0.2, 0) is 9.53 Å². The Morgan fingerprint density at radius 1 is 1.39 bits per heavy atom. The Labute approximate surface area is 108 Å². The van der Waals surface area contributed by atoms with E-state index in [0.29, 0.717) is 25.1 Å². The molecule has 3 heterocycles. The molecule has 3 unspecified atom stereocenters. The number of hydrogen-bond donors (Lipinski definition) is 2. The maximum atomic E-state index is 12.0. The van der Waals surface area contributed by atoms with Crippen LogP contribution in [0.25, 0.3) is 0 Å². The van der Waals surface area contributed by atoms with Gasteiger partial charge in [0, 0.05) is 37.6 Å². The number of carbonyl (C=O) groups is 1. The maximum absolute atomic E-state index is 12.0. The number of rotatable bonds is 3. The molecule has 3 atom stereocenters. The lowest BCUT2D eigenvalue weighted by Crippen LogP contribution is -2.47. The normalized spacial score (nSPS) is 36.6. The number of morpholine rings is 1. The molecular weight excluding hydrogens is 230 g/mol. The molecule has 3 rings (SSSR count). The molecule has 3 fully saturated rings. The number of nitrogens with one attached hydrogen (secondary N) is 2. The smallest absolute Gasteiger partial charge is 0.221 e. The minimum Gasteiger partial charge on any atom is -0.378 e. The fourth-order valence-corrected chi connectivity index (χ4v) is 3.49. The Morgan fingerprint density at radius 2 is 2.33 bits per heavy atom. The third kappa shape index (κ3) is 2.68. The lowest BCUT2D eigenvalue weighted by molar-refractivity contribution is -0.123. The van der Waals surface area contributed by atoms with Gasteiger partial charge >= 0.3 is 0 Å². The van der Waals surface area contributed by atoms with Crippen molar-refractivity contribution in [3.63, 3.8) is 0 Å². The summed E-state index contributed by atoms with van der Waals surface area (Å²) in [6.07, 6.45) is 4.19. The van der Waals surface area contributed by atoms with Crippen molar-refractivity contribution in [1.82, 2.24) is 15.5 Å². The van der Waals surface area contributed by atoms with E-state index < -0.39 is 0 Å². The molecule has 18 heavy (non-hydrogen) atoms. The van der Waals surface area contributed by atoms with Gasteiger partial charge in [-0.3, -0.25) is 9.69 Å². The van der Waals surface area contributed by atoms with Crippen molar-refractivity contribution in [1.29, 1.82) is 0 Å². The van der Waals surface area contributed by atoms with E-state index in [9.17, 15) is 4.79 Å². The summed E-state index contributed by atoms with van der Waals surface area (Å²) in [5, 5.41) is 6.55. The lowest BCUT2D eigenvalue weighted by Gasteiger charge is -2.25. The maximum Gasteiger partial charge on any atom is 0.221 e. The zero-order chi connectivity index (χ0) is 12.4. The lowest BCUT2D eigenvalue weighted by atomic mass is 10.1. The summed E-state index contributed by atoms with van der Waals surface area (Å²) in [7, 11) is 0. The van der Waals surface area contributed by atoms with Gasteiger partial charge in [-0.15, -0.1) is 0 Å². The topological polar surface area (TPSA) is 53.6 Å². The van der Waals surface area contributed by atoms with Gasteiger partial charge in [0.2, 0.25) is 5.91 Å². The summed E-state index contributed by atoms with van der Waals surface area (Å²) < 4.78 is 5.37. The highest BCUT2D eigenvalue weighted by atomic mass is 16.5. The highest BCUT2D eigenvalue weighted by Gasteiger charge is 2.37. The third-order valence-electron chi connectivity index (χ3n) is 4.38. The first-order valence-corrected chi connectivity index (χ1v) is 7.17. The third-order valence-corrected chi connectivity index (χ3v) is 4.38. The second-order valence-electron chi connectivity index (χ2n) is 5.64. The van der Waals surface area contributed by atoms with Crippen LogP contribution in [-0.4, -0.2) is 61.8 Å². The first-order valence-electron chi connectivity index (χ1n) is 7.17. The molecule has 5 heteroatoms. The number of fused-ring (bicyclic) bond motifs is 1. The van der Waals surface area contributed by atoms with Gasteiger partial charge < -0.3 is 15.4 Å². The number of amides is 1. The molecule has 0 aromatic rings. The van der Waals surface area contributed by atoms with Gasteiger partial charge in [-0.1, -0.05) is 0 Å². The Morgan fingerprint density at radius 3 is 3.17 bits per heavy atom. The Bertz CT molecular complexity index is 305. The van der Waals surface area contributed by atoms with Gasteiger partial charge in [0.05, 0.1) is 13.2 Å². The van der Waals surface area contributed by atoms with Crippen molar-refractivity contribution >= 4 is 5.91 Å². The SMILES string of the molecule is O=C(CC1COCCN1)NC1CCN2CCCC12. The molecule has 1 amide bonds. The molecule has 0 radical (unpaired) electrons. The summed E-state index contributed by atoms with van der Waals surface area (Å²) in [6.45, 7) is 4.65. The van der Waals surface area contributed by atoms with Gasteiger partial charge in [-0.25, -0.2) is 0 Å². The van der Waals surface area contributed by atoms with E-state index in [4.69, 9.17) is 4.74 Å². The van der Waals surface area contributed by atoms with E-state index in [1.165, 1.54) is 19.4 Å². The summed E-state index contributed by atoms with van der Waals surface area (Å²) >= 11 is 0. The predicted molar refractivity (Wildman–Crippen MR) is 68.4 cm³/mol. The van der Waals surface area contributed by atoms with E-state index in [-0.39, 0.29) is 11.9 Å². The van der Waals surface area contributed by atoms with Crippen LogP contribution >= 0.6 is 0 Å². The van der Waals surface area contributed by atoms with Crippen molar-refractivity contribution in [2.24, 2.45) is 0 Å². The van der Waals surface area contributed by atoms with Crippen LogP contribution in [0.1, 0.15) is 25.7 Å². The van der Waals surface area contributed by atoms with Crippen LogP contribution in [0.4, 0.5) is 0 Å². The molecule has 5 nitrogen and oxygen atoms in total. The zero-order valence-corrected chi connectivity index (χ0v) is 10.9. The van der Waals surface area contributed by atoms with Crippen LogP contribution in [0.15, 0.2) is 0 Å². The molecule has 2 N–H and O–H groups in total. The fraction of sp³-hybridized carbons (Fsp3) is 0.923. The quantitative estimate of drug-likeness (QED) is 0.726. The molecular formula is C13H23N3O2. The van der Waals surface area contributed by atoms with Crippen LogP contribution in [0.5, 0.6) is 0 Å². The van der Waals surface area contributed by atoms with Crippen molar-refractivity contribution in [3.05, 3.63) is 0 Å². The summed E-state index contributed by atoms with van der Waals surface area (Å²) in [4.78, 5) is 14.6. The van der Waals surface area contributed by atoms with E-state index >= 15 is 0 Å². The van der Waals surface area contributed by atoms with E-state index in [1.807, 2.05) is 0 Å². The van der Waals surface area contributed by atoms with E-state index in [2.05, 4.69) is 15.5 Å². The first-order chi connectivity index (χ1) is 8.83. The molecule has 0 aromatic carbocycles. The fourth-order valence-electron chi connectivity index (χ4n) is 3.49. The molecule has 0 spiro atoms.